The number of fused-ring (bicyclic) bond motifs is 1. The van der Waals surface area contributed by atoms with Gasteiger partial charge in [-0.05, 0) is 32.9 Å². The molecule has 0 saturated heterocycles. The van der Waals surface area contributed by atoms with E-state index in [0.29, 0.717) is 13.1 Å². The molecule has 0 radical (unpaired) electrons. The highest BCUT2D eigenvalue weighted by atomic mass is 127. The fourth-order valence-electron chi connectivity index (χ4n) is 2.82. The van der Waals surface area contributed by atoms with E-state index < -0.39 is 0 Å². The highest BCUT2D eigenvalue weighted by molar-refractivity contribution is 14.0. The van der Waals surface area contributed by atoms with Crippen molar-refractivity contribution in [3.8, 4) is 0 Å². The standard InChI is InChI=1S/C19H30N6O.HI/c1-5-20-19(24(4)14-18(26)25(6-2)7-3)21-13-12-17-22-15-10-8-9-11-16(15)23-17;/h8-11H,5-7,12-14H2,1-4H3,(H,20,21)(H,22,23);1H. The minimum Gasteiger partial charge on any atom is -0.357 e. The van der Waals surface area contributed by atoms with Crippen molar-refractivity contribution >= 4 is 46.9 Å². The molecular formula is C19H31IN6O. The Balaban J connectivity index is 0.00000364. The predicted octanol–water partition coefficient (Wildman–Crippen LogP) is 2.49. The lowest BCUT2D eigenvalue weighted by Crippen LogP contribution is -2.45. The number of carbonyl (C=O) groups excluding carboxylic acids is 1. The molecule has 0 fully saturated rings. The Bertz CT molecular complexity index is 708. The molecule has 0 spiro atoms. The van der Waals surface area contributed by atoms with Crippen molar-refractivity contribution < 1.29 is 4.79 Å². The zero-order chi connectivity index (χ0) is 18.9. The van der Waals surface area contributed by atoms with Gasteiger partial charge in [0.1, 0.15) is 5.82 Å². The summed E-state index contributed by atoms with van der Waals surface area (Å²) in [4.78, 5) is 28.5. The Kier molecular flexibility index (Phi) is 10.1. The van der Waals surface area contributed by atoms with Gasteiger partial charge in [0.25, 0.3) is 0 Å². The summed E-state index contributed by atoms with van der Waals surface area (Å²) < 4.78 is 0. The molecule has 7 nitrogen and oxygen atoms in total. The quantitative estimate of drug-likeness (QED) is 0.342. The van der Waals surface area contributed by atoms with Crippen LogP contribution in [0.4, 0.5) is 0 Å². The number of guanidine groups is 1. The SMILES string of the molecule is CCNC(=NCCc1nc2ccccc2[nH]1)N(C)CC(=O)N(CC)CC.I. The first-order valence-corrected chi connectivity index (χ1v) is 9.29. The van der Waals surface area contributed by atoms with Crippen molar-refractivity contribution in [3.63, 3.8) is 0 Å². The van der Waals surface area contributed by atoms with Crippen LogP contribution in [0.3, 0.4) is 0 Å². The van der Waals surface area contributed by atoms with E-state index in [9.17, 15) is 4.79 Å². The minimum atomic E-state index is 0. The second kappa shape index (κ2) is 11.8. The Hall–Kier alpha value is -1.84. The van der Waals surface area contributed by atoms with Crippen LogP contribution in [0, 0.1) is 0 Å². The molecular weight excluding hydrogens is 455 g/mol. The van der Waals surface area contributed by atoms with Gasteiger partial charge < -0.3 is 20.1 Å². The number of halogens is 1. The van der Waals surface area contributed by atoms with Gasteiger partial charge in [-0.25, -0.2) is 4.98 Å². The number of carbonyl (C=O) groups is 1. The summed E-state index contributed by atoms with van der Waals surface area (Å²) in [7, 11) is 1.89. The maximum Gasteiger partial charge on any atom is 0.242 e. The molecule has 2 N–H and O–H groups in total. The van der Waals surface area contributed by atoms with Crippen molar-refractivity contribution in [2.45, 2.75) is 27.2 Å². The summed E-state index contributed by atoms with van der Waals surface area (Å²) in [5, 5.41) is 3.25. The molecule has 1 aromatic heterocycles. The summed E-state index contributed by atoms with van der Waals surface area (Å²) in [6.07, 6.45) is 0.724. The van der Waals surface area contributed by atoms with Crippen molar-refractivity contribution in [1.82, 2.24) is 25.1 Å². The van der Waals surface area contributed by atoms with Crippen molar-refractivity contribution in [3.05, 3.63) is 30.1 Å². The predicted molar refractivity (Wildman–Crippen MR) is 122 cm³/mol. The van der Waals surface area contributed by atoms with Crippen LogP contribution < -0.4 is 5.32 Å². The monoisotopic (exact) mass is 486 g/mol. The van der Waals surface area contributed by atoms with Crippen LogP contribution in [0.5, 0.6) is 0 Å². The number of likely N-dealkylation sites (N-methyl/N-ethyl adjacent to an activating group) is 2. The number of aromatic nitrogens is 2. The Morgan fingerprint density at radius 3 is 2.56 bits per heavy atom. The lowest BCUT2D eigenvalue weighted by Gasteiger charge is -2.25. The third-order valence-electron chi connectivity index (χ3n) is 4.23. The van der Waals surface area contributed by atoms with E-state index >= 15 is 0 Å². The number of nitrogens with one attached hydrogen (secondary N) is 2. The number of aliphatic imine (C=N–C) groups is 1. The number of hydrogen-bond acceptors (Lipinski definition) is 3. The molecule has 27 heavy (non-hydrogen) atoms. The zero-order valence-corrected chi connectivity index (χ0v) is 19.0. The Labute approximate surface area is 178 Å². The fourth-order valence-corrected chi connectivity index (χ4v) is 2.82. The molecule has 0 saturated carbocycles. The second-order valence-corrected chi connectivity index (χ2v) is 6.11. The van der Waals surface area contributed by atoms with Crippen molar-refractivity contribution in [1.29, 1.82) is 0 Å². The van der Waals surface area contributed by atoms with Gasteiger partial charge in [-0.15, -0.1) is 24.0 Å². The molecule has 0 aliphatic carbocycles. The molecule has 0 atom stereocenters. The van der Waals surface area contributed by atoms with Gasteiger partial charge >= 0.3 is 0 Å². The average molecular weight is 486 g/mol. The average Bonchev–Trinajstić information content (AvgIpc) is 3.04. The number of H-pyrrole nitrogens is 1. The molecule has 2 aromatic rings. The smallest absolute Gasteiger partial charge is 0.242 e. The number of amides is 1. The van der Waals surface area contributed by atoms with Crippen LogP contribution in [-0.2, 0) is 11.2 Å². The van der Waals surface area contributed by atoms with Crippen LogP contribution in [0.1, 0.15) is 26.6 Å². The summed E-state index contributed by atoms with van der Waals surface area (Å²) in [5.41, 5.74) is 2.01. The molecule has 8 heteroatoms. The normalized spacial score (nSPS) is 11.2. The molecule has 0 aliphatic heterocycles. The van der Waals surface area contributed by atoms with Crippen LogP contribution in [0.25, 0.3) is 11.0 Å². The molecule has 0 unspecified atom stereocenters. The van der Waals surface area contributed by atoms with Crippen LogP contribution in [0.2, 0.25) is 0 Å². The van der Waals surface area contributed by atoms with Crippen molar-refractivity contribution in [2.24, 2.45) is 4.99 Å². The summed E-state index contributed by atoms with van der Waals surface area (Å²) >= 11 is 0. The van der Waals surface area contributed by atoms with E-state index in [2.05, 4.69) is 20.3 Å². The van der Waals surface area contributed by atoms with E-state index in [0.717, 1.165) is 48.9 Å². The maximum absolute atomic E-state index is 12.3. The first-order chi connectivity index (χ1) is 12.6. The van der Waals surface area contributed by atoms with Crippen molar-refractivity contribution in [2.75, 3.05) is 39.8 Å². The van der Waals surface area contributed by atoms with Crippen LogP contribution >= 0.6 is 24.0 Å². The third-order valence-corrected chi connectivity index (χ3v) is 4.23. The number of nitrogens with zero attached hydrogens (tertiary/aromatic N) is 4. The van der Waals surface area contributed by atoms with Gasteiger partial charge in [0.15, 0.2) is 5.96 Å². The molecule has 0 bridgehead atoms. The first kappa shape index (κ1) is 23.2. The summed E-state index contributed by atoms with van der Waals surface area (Å²) in [6, 6.07) is 7.99. The number of hydrogen-bond donors (Lipinski definition) is 2. The van der Waals surface area contributed by atoms with Crippen LogP contribution in [-0.4, -0.2) is 71.4 Å². The lowest BCUT2D eigenvalue weighted by molar-refractivity contribution is -0.131. The highest BCUT2D eigenvalue weighted by Gasteiger charge is 2.15. The van der Waals surface area contributed by atoms with Gasteiger partial charge in [0.05, 0.1) is 17.6 Å². The van der Waals surface area contributed by atoms with Gasteiger partial charge in [-0.3, -0.25) is 9.79 Å². The first-order valence-electron chi connectivity index (χ1n) is 9.29. The fraction of sp³-hybridized carbons (Fsp3) is 0.526. The van der Waals surface area contributed by atoms with Gasteiger partial charge in [-0.1, -0.05) is 12.1 Å². The maximum atomic E-state index is 12.3. The minimum absolute atomic E-state index is 0. The van der Waals surface area contributed by atoms with Crippen LogP contribution in [0.15, 0.2) is 29.3 Å². The Morgan fingerprint density at radius 1 is 1.22 bits per heavy atom. The molecule has 2 rings (SSSR count). The Morgan fingerprint density at radius 2 is 1.93 bits per heavy atom. The molecule has 1 aromatic carbocycles. The van der Waals surface area contributed by atoms with E-state index in [-0.39, 0.29) is 29.9 Å². The van der Waals surface area contributed by atoms with E-state index in [1.54, 1.807) is 0 Å². The second-order valence-electron chi connectivity index (χ2n) is 6.11. The third kappa shape index (κ3) is 6.67. The largest absolute Gasteiger partial charge is 0.357 e. The topological polar surface area (TPSA) is 76.6 Å². The number of para-hydroxylation sites is 2. The van der Waals surface area contributed by atoms with E-state index in [1.807, 2.05) is 61.9 Å². The molecule has 1 amide bonds. The molecule has 0 aliphatic rings. The zero-order valence-electron chi connectivity index (χ0n) is 16.7. The summed E-state index contributed by atoms with van der Waals surface area (Å²) in [6.45, 7) is 9.14. The molecule has 150 valence electrons. The van der Waals surface area contributed by atoms with Gasteiger partial charge in [0, 0.05) is 39.6 Å². The highest BCUT2D eigenvalue weighted by Crippen LogP contribution is 2.10. The lowest BCUT2D eigenvalue weighted by atomic mass is 10.3. The van der Waals surface area contributed by atoms with Gasteiger partial charge in [-0.2, -0.15) is 0 Å². The molecule has 1 heterocycles. The number of aromatic amines is 1. The number of rotatable bonds is 8. The number of imidazole rings is 1. The summed E-state index contributed by atoms with van der Waals surface area (Å²) in [5.74, 6) is 1.78. The number of benzene rings is 1. The van der Waals surface area contributed by atoms with E-state index in [4.69, 9.17) is 0 Å². The van der Waals surface area contributed by atoms with E-state index in [1.165, 1.54) is 0 Å². The van der Waals surface area contributed by atoms with Gasteiger partial charge in [0.2, 0.25) is 5.91 Å².